The second kappa shape index (κ2) is 7.90. The number of aromatic nitrogens is 3. The topological polar surface area (TPSA) is 71.3 Å². The van der Waals surface area contributed by atoms with Gasteiger partial charge in [0.15, 0.2) is 0 Å². The second-order valence-corrected chi connectivity index (χ2v) is 7.34. The summed E-state index contributed by atoms with van der Waals surface area (Å²) in [4.78, 5) is 28.9. The van der Waals surface area contributed by atoms with Crippen LogP contribution in [0.3, 0.4) is 0 Å². The highest BCUT2D eigenvalue weighted by Crippen LogP contribution is 2.23. The predicted molar refractivity (Wildman–Crippen MR) is 100 cm³/mol. The Labute approximate surface area is 159 Å². The van der Waals surface area contributed by atoms with Crippen LogP contribution in [0, 0.1) is 0 Å². The lowest BCUT2D eigenvalue weighted by Gasteiger charge is -2.36. The summed E-state index contributed by atoms with van der Waals surface area (Å²) in [5.74, 6) is 0.344. The van der Waals surface area contributed by atoms with Crippen LogP contribution in [0.2, 0.25) is 0 Å². The molecule has 7 heteroatoms. The van der Waals surface area contributed by atoms with Gasteiger partial charge >= 0.3 is 0 Å². The summed E-state index contributed by atoms with van der Waals surface area (Å²) < 4.78 is 1.81. The molecular formula is C20H25N5O2. The third-order valence-corrected chi connectivity index (χ3v) is 5.62. The van der Waals surface area contributed by atoms with E-state index in [4.69, 9.17) is 0 Å². The Morgan fingerprint density at radius 2 is 1.81 bits per heavy atom. The number of likely N-dealkylation sites (tertiary alicyclic amines) is 2. The van der Waals surface area contributed by atoms with Gasteiger partial charge in [0.05, 0.1) is 0 Å². The first-order chi connectivity index (χ1) is 13.2. The minimum Gasteiger partial charge on any atom is -0.343 e. The van der Waals surface area contributed by atoms with Crippen LogP contribution in [0.1, 0.15) is 48.9 Å². The molecule has 0 N–H and O–H groups in total. The minimum absolute atomic E-state index is 0.0859. The number of hydrogen-bond acceptors (Lipinski definition) is 4. The summed E-state index contributed by atoms with van der Waals surface area (Å²) in [6.45, 7) is 2.43. The van der Waals surface area contributed by atoms with E-state index in [1.54, 1.807) is 12.7 Å². The molecule has 27 heavy (non-hydrogen) atoms. The average Bonchev–Trinajstić information content (AvgIpc) is 3.38. The van der Waals surface area contributed by atoms with E-state index in [0.29, 0.717) is 12.0 Å². The number of hydrogen-bond donors (Lipinski definition) is 0. The Balaban J connectivity index is 1.43. The first-order valence-corrected chi connectivity index (χ1v) is 9.76. The molecule has 142 valence electrons. The van der Waals surface area contributed by atoms with Gasteiger partial charge in [-0.2, -0.15) is 0 Å². The minimum atomic E-state index is 0.0859. The van der Waals surface area contributed by atoms with Crippen molar-refractivity contribution in [1.29, 1.82) is 0 Å². The SMILES string of the molecule is O=C1CCCN1CC[C@@H]1CCCCN1C(=O)c1ccc(-n2cnnc2)cc1. The fourth-order valence-electron chi connectivity index (χ4n) is 4.09. The molecule has 0 radical (unpaired) electrons. The van der Waals surface area contributed by atoms with Gasteiger partial charge in [0, 0.05) is 43.3 Å². The zero-order chi connectivity index (χ0) is 18.6. The summed E-state index contributed by atoms with van der Waals surface area (Å²) >= 11 is 0. The van der Waals surface area contributed by atoms with E-state index < -0.39 is 0 Å². The van der Waals surface area contributed by atoms with E-state index in [-0.39, 0.29) is 17.9 Å². The number of rotatable bonds is 5. The third kappa shape index (κ3) is 3.86. The molecule has 7 nitrogen and oxygen atoms in total. The van der Waals surface area contributed by atoms with E-state index in [0.717, 1.165) is 57.4 Å². The molecule has 3 heterocycles. The fraction of sp³-hybridized carbons (Fsp3) is 0.500. The molecule has 2 aliphatic rings. The molecule has 2 aliphatic heterocycles. The summed E-state index contributed by atoms with van der Waals surface area (Å²) in [7, 11) is 0. The lowest BCUT2D eigenvalue weighted by Crippen LogP contribution is -2.45. The number of amides is 2. The summed E-state index contributed by atoms with van der Waals surface area (Å²) in [5.41, 5.74) is 1.63. The molecule has 2 saturated heterocycles. The lowest BCUT2D eigenvalue weighted by atomic mass is 9.98. The first kappa shape index (κ1) is 17.7. The monoisotopic (exact) mass is 367 g/mol. The van der Waals surface area contributed by atoms with Gasteiger partial charge in [-0.05, 0) is 56.4 Å². The molecule has 2 amide bonds. The van der Waals surface area contributed by atoms with Crippen LogP contribution in [0.4, 0.5) is 0 Å². The number of nitrogens with zero attached hydrogens (tertiary/aromatic N) is 5. The number of piperidine rings is 1. The Hall–Kier alpha value is -2.70. The average molecular weight is 367 g/mol. The molecule has 1 aromatic carbocycles. The van der Waals surface area contributed by atoms with Crippen LogP contribution < -0.4 is 0 Å². The Kier molecular flexibility index (Phi) is 5.18. The second-order valence-electron chi connectivity index (χ2n) is 7.34. The van der Waals surface area contributed by atoms with Crippen LogP contribution in [-0.2, 0) is 4.79 Å². The van der Waals surface area contributed by atoms with Gasteiger partial charge in [-0.25, -0.2) is 0 Å². The maximum absolute atomic E-state index is 13.1. The zero-order valence-electron chi connectivity index (χ0n) is 15.5. The van der Waals surface area contributed by atoms with E-state index >= 15 is 0 Å². The number of carbonyl (C=O) groups excluding carboxylic acids is 2. The standard InChI is InChI=1S/C20H25N5O2/c26-19-5-3-11-23(19)13-10-18-4-1-2-12-25(18)20(27)16-6-8-17(9-7-16)24-14-21-22-15-24/h6-9,14-15,18H,1-5,10-13H2/t18-/m0/s1. The van der Waals surface area contributed by atoms with Crippen molar-refractivity contribution >= 4 is 11.8 Å². The molecule has 0 spiro atoms. The van der Waals surface area contributed by atoms with Crippen molar-refractivity contribution in [3.05, 3.63) is 42.5 Å². The molecular weight excluding hydrogens is 342 g/mol. The summed E-state index contributed by atoms with van der Waals surface area (Å²) in [6, 6.07) is 7.79. The maximum Gasteiger partial charge on any atom is 0.254 e. The van der Waals surface area contributed by atoms with Crippen molar-refractivity contribution in [3.8, 4) is 5.69 Å². The fourth-order valence-corrected chi connectivity index (χ4v) is 4.09. The van der Waals surface area contributed by atoms with E-state index in [1.165, 1.54) is 0 Å². The van der Waals surface area contributed by atoms with Crippen LogP contribution in [0.25, 0.3) is 5.69 Å². The molecule has 0 saturated carbocycles. The smallest absolute Gasteiger partial charge is 0.254 e. The highest BCUT2D eigenvalue weighted by atomic mass is 16.2. The summed E-state index contributed by atoms with van der Waals surface area (Å²) in [5, 5.41) is 7.62. The zero-order valence-corrected chi connectivity index (χ0v) is 15.5. The van der Waals surface area contributed by atoms with E-state index in [1.807, 2.05) is 38.6 Å². The molecule has 2 aromatic rings. The Morgan fingerprint density at radius 3 is 2.52 bits per heavy atom. The molecule has 1 aromatic heterocycles. The Morgan fingerprint density at radius 1 is 1.04 bits per heavy atom. The van der Waals surface area contributed by atoms with Crippen molar-refractivity contribution in [1.82, 2.24) is 24.6 Å². The van der Waals surface area contributed by atoms with Crippen LogP contribution >= 0.6 is 0 Å². The quantitative estimate of drug-likeness (QED) is 0.813. The molecule has 4 rings (SSSR count). The highest BCUT2D eigenvalue weighted by molar-refractivity contribution is 5.94. The van der Waals surface area contributed by atoms with Gasteiger partial charge in [-0.1, -0.05) is 0 Å². The molecule has 0 unspecified atom stereocenters. The number of carbonyl (C=O) groups is 2. The molecule has 2 fully saturated rings. The van der Waals surface area contributed by atoms with E-state index in [2.05, 4.69) is 10.2 Å². The first-order valence-electron chi connectivity index (χ1n) is 9.76. The van der Waals surface area contributed by atoms with Gasteiger partial charge in [-0.3, -0.25) is 14.2 Å². The largest absolute Gasteiger partial charge is 0.343 e. The van der Waals surface area contributed by atoms with Crippen molar-refractivity contribution in [2.45, 2.75) is 44.6 Å². The Bertz CT molecular complexity index is 787. The normalized spacial score (nSPS) is 20.3. The molecule has 0 bridgehead atoms. The lowest BCUT2D eigenvalue weighted by molar-refractivity contribution is -0.127. The van der Waals surface area contributed by atoms with Gasteiger partial charge in [0.1, 0.15) is 12.7 Å². The van der Waals surface area contributed by atoms with Gasteiger partial charge in [0.25, 0.3) is 5.91 Å². The van der Waals surface area contributed by atoms with Crippen LogP contribution in [0.15, 0.2) is 36.9 Å². The van der Waals surface area contributed by atoms with Crippen LogP contribution in [0.5, 0.6) is 0 Å². The van der Waals surface area contributed by atoms with Crippen molar-refractivity contribution < 1.29 is 9.59 Å². The van der Waals surface area contributed by atoms with Crippen molar-refractivity contribution in [2.75, 3.05) is 19.6 Å². The predicted octanol–water partition coefficient (Wildman–Crippen LogP) is 2.27. The highest BCUT2D eigenvalue weighted by Gasteiger charge is 2.29. The summed E-state index contributed by atoms with van der Waals surface area (Å²) in [6.07, 6.45) is 8.99. The van der Waals surface area contributed by atoms with Crippen molar-refractivity contribution in [2.24, 2.45) is 0 Å². The molecule has 1 atom stereocenters. The third-order valence-electron chi connectivity index (χ3n) is 5.62. The van der Waals surface area contributed by atoms with E-state index in [9.17, 15) is 9.59 Å². The van der Waals surface area contributed by atoms with Gasteiger partial charge in [-0.15, -0.1) is 10.2 Å². The van der Waals surface area contributed by atoms with Gasteiger partial charge < -0.3 is 9.80 Å². The molecule has 0 aliphatic carbocycles. The number of benzene rings is 1. The maximum atomic E-state index is 13.1. The van der Waals surface area contributed by atoms with Gasteiger partial charge in [0.2, 0.25) is 5.91 Å². The van der Waals surface area contributed by atoms with Crippen LogP contribution in [-0.4, -0.2) is 62.1 Å². The van der Waals surface area contributed by atoms with Crippen molar-refractivity contribution in [3.63, 3.8) is 0 Å².